The van der Waals surface area contributed by atoms with Crippen LogP contribution in [-0.2, 0) is 26.2 Å². The smallest absolute Gasteiger partial charge is 0.242 e. The maximum Gasteiger partial charge on any atom is 0.242 e. The molecule has 2 rings (SSSR count). The van der Waals surface area contributed by atoms with Crippen molar-refractivity contribution in [2.75, 3.05) is 17.1 Å². The summed E-state index contributed by atoms with van der Waals surface area (Å²) in [5.74, 6) is -1.36. The van der Waals surface area contributed by atoms with Gasteiger partial charge in [-0.15, -0.1) is 0 Å². The van der Waals surface area contributed by atoms with Gasteiger partial charge in [0.15, 0.2) is 0 Å². The zero-order valence-corrected chi connectivity index (χ0v) is 22.4. The highest BCUT2D eigenvalue weighted by Crippen LogP contribution is 2.25. The quantitative estimate of drug-likeness (QED) is 0.446. The van der Waals surface area contributed by atoms with Gasteiger partial charge in [-0.3, -0.25) is 13.9 Å². The summed E-state index contributed by atoms with van der Waals surface area (Å²) in [6.07, 6.45) is 1.05. The monoisotopic (exact) mass is 545 g/mol. The molecule has 2 aromatic carbocycles. The van der Waals surface area contributed by atoms with Crippen molar-refractivity contribution < 1.29 is 22.4 Å². The summed E-state index contributed by atoms with van der Waals surface area (Å²) in [5, 5.41) is 3.49. The molecular formula is C24H30Cl2FN3O4S. The number of carbonyl (C=O) groups excluding carboxylic acids is 2. The average molecular weight is 546 g/mol. The maximum absolute atomic E-state index is 14.2. The lowest BCUT2D eigenvalue weighted by atomic mass is 10.1. The number of para-hydroxylation sites is 1. The lowest BCUT2D eigenvalue weighted by Crippen LogP contribution is -2.49. The number of hydrogen-bond donors (Lipinski definition) is 1. The second-order valence-corrected chi connectivity index (χ2v) is 11.2. The first-order valence-electron chi connectivity index (χ1n) is 11.1. The van der Waals surface area contributed by atoms with E-state index in [4.69, 9.17) is 23.2 Å². The van der Waals surface area contributed by atoms with Crippen LogP contribution >= 0.6 is 23.2 Å². The topological polar surface area (TPSA) is 86.8 Å². The highest BCUT2D eigenvalue weighted by molar-refractivity contribution is 7.92. The molecule has 0 radical (unpaired) electrons. The van der Waals surface area contributed by atoms with Crippen LogP contribution in [0.25, 0.3) is 0 Å². The molecule has 0 aromatic heterocycles. The highest BCUT2D eigenvalue weighted by atomic mass is 35.5. The zero-order valence-electron chi connectivity index (χ0n) is 20.1. The number of halogens is 3. The molecule has 0 aliphatic heterocycles. The third-order valence-corrected chi connectivity index (χ3v) is 7.13. The van der Waals surface area contributed by atoms with Gasteiger partial charge in [-0.1, -0.05) is 41.4 Å². The molecule has 2 aromatic rings. The van der Waals surface area contributed by atoms with Crippen LogP contribution in [0.5, 0.6) is 0 Å². The minimum atomic E-state index is -3.78. The first kappa shape index (κ1) is 28.9. The largest absolute Gasteiger partial charge is 0.352 e. The van der Waals surface area contributed by atoms with Gasteiger partial charge in [0.1, 0.15) is 11.9 Å². The number of hydrogen-bond acceptors (Lipinski definition) is 4. The van der Waals surface area contributed by atoms with E-state index in [-0.39, 0.29) is 49.5 Å². The van der Waals surface area contributed by atoms with E-state index in [9.17, 15) is 22.4 Å². The van der Waals surface area contributed by atoms with Gasteiger partial charge in [-0.25, -0.2) is 12.8 Å². The van der Waals surface area contributed by atoms with E-state index < -0.39 is 21.9 Å². The number of nitrogens with one attached hydrogen (secondary N) is 1. The third kappa shape index (κ3) is 8.37. The van der Waals surface area contributed by atoms with Crippen molar-refractivity contribution in [3.05, 3.63) is 63.9 Å². The van der Waals surface area contributed by atoms with Crippen LogP contribution in [0.1, 0.15) is 39.2 Å². The highest BCUT2D eigenvalue weighted by Gasteiger charge is 2.27. The Morgan fingerprint density at radius 2 is 1.71 bits per heavy atom. The van der Waals surface area contributed by atoms with Crippen LogP contribution in [0.15, 0.2) is 42.5 Å². The molecule has 0 fully saturated rings. The van der Waals surface area contributed by atoms with E-state index in [0.29, 0.717) is 15.6 Å². The third-order valence-electron chi connectivity index (χ3n) is 5.21. The van der Waals surface area contributed by atoms with Crippen molar-refractivity contribution in [2.24, 2.45) is 0 Å². The fourth-order valence-corrected chi connectivity index (χ4v) is 4.75. The Bertz CT molecular complexity index is 1160. The molecule has 1 atom stereocenters. The molecular weight excluding hydrogens is 516 g/mol. The number of nitrogens with zero attached hydrogens (tertiary/aromatic N) is 2. The van der Waals surface area contributed by atoms with Gasteiger partial charge in [0, 0.05) is 25.6 Å². The number of anilines is 1. The van der Waals surface area contributed by atoms with Gasteiger partial charge in [-0.2, -0.15) is 0 Å². The predicted octanol–water partition coefficient (Wildman–Crippen LogP) is 4.62. The van der Waals surface area contributed by atoms with Crippen molar-refractivity contribution in [1.82, 2.24) is 10.2 Å². The van der Waals surface area contributed by atoms with Crippen molar-refractivity contribution >= 4 is 50.7 Å². The maximum atomic E-state index is 14.2. The normalized spacial score (nSPS) is 12.3. The summed E-state index contributed by atoms with van der Waals surface area (Å²) in [6, 6.07) is 9.58. The summed E-state index contributed by atoms with van der Waals surface area (Å²) < 4.78 is 39.7. The molecule has 7 nitrogen and oxygen atoms in total. The average Bonchev–Trinajstić information content (AvgIpc) is 2.76. The van der Waals surface area contributed by atoms with E-state index in [1.807, 2.05) is 13.8 Å². The van der Waals surface area contributed by atoms with E-state index in [1.165, 1.54) is 29.2 Å². The number of carbonyl (C=O) groups is 2. The number of rotatable bonds is 11. The Hall–Kier alpha value is -2.36. The van der Waals surface area contributed by atoms with Crippen molar-refractivity contribution in [3.63, 3.8) is 0 Å². The molecule has 35 heavy (non-hydrogen) atoms. The Morgan fingerprint density at radius 3 is 2.29 bits per heavy atom. The Kier molecular flexibility index (Phi) is 10.4. The number of sulfonamides is 1. The minimum absolute atomic E-state index is 0.0545. The van der Waals surface area contributed by atoms with Crippen LogP contribution < -0.4 is 9.62 Å². The first-order chi connectivity index (χ1) is 16.3. The van der Waals surface area contributed by atoms with Gasteiger partial charge >= 0.3 is 0 Å². The lowest BCUT2D eigenvalue weighted by Gasteiger charge is -2.30. The zero-order chi connectivity index (χ0) is 26.3. The minimum Gasteiger partial charge on any atom is -0.352 e. The first-order valence-corrected chi connectivity index (χ1v) is 13.7. The summed E-state index contributed by atoms with van der Waals surface area (Å²) in [7, 11) is -3.78. The SMILES string of the molecule is CC(C)NC(=O)[C@@H](C)N(Cc1ccc(Cl)c(Cl)c1)C(=O)CCCN(c1ccccc1F)S(C)(=O)=O. The molecule has 192 valence electrons. The lowest BCUT2D eigenvalue weighted by molar-refractivity contribution is -0.140. The standard InChI is InChI=1S/C24H30Cl2FN3O4S/c1-16(2)28-24(32)17(3)29(15-18-11-12-19(25)20(26)14-18)23(31)10-7-13-30(35(4,33)34)22-9-6-5-8-21(22)27/h5-6,8-9,11-12,14,16-17H,7,10,13,15H2,1-4H3,(H,28,32)/t17-/m1/s1. The summed E-state index contributed by atoms with van der Waals surface area (Å²) >= 11 is 12.1. The molecule has 2 amide bonds. The summed E-state index contributed by atoms with van der Waals surface area (Å²) in [5.41, 5.74) is 0.598. The van der Waals surface area contributed by atoms with Gasteiger partial charge in [0.2, 0.25) is 21.8 Å². The van der Waals surface area contributed by atoms with Crippen molar-refractivity contribution in [1.29, 1.82) is 0 Å². The summed E-state index contributed by atoms with van der Waals surface area (Å²) in [4.78, 5) is 27.3. The second-order valence-electron chi connectivity index (χ2n) is 8.50. The Labute approximate surface area is 216 Å². The van der Waals surface area contributed by atoms with Crippen LogP contribution in [-0.4, -0.2) is 50.0 Å². The van der Waals surface area contributed by atoms with E-state index in [1.54, 1.807) is 25.1 Å². The van der Waals surface area contributed by atoms with Gasteiger partial charge in [0.25, 0.3) is 0 Å². The van der Waals surface area contributed by atoms with Crippen LogP contribution in [0.2, 0.25) is 10.0 Å². The fourth-order valence-electron chi connectivity index (χ4n) is 3.46. The molecule has 11 heteroatoms. The molecule has 0 saturated heterocycles. The molecule has 0 aliphatic carbocycles. The fraction of sp³-hybridized carbons (Fsp3) is 0.417. The van der Waals surface area contributed by atoms with Gasteiger partial charge in [-0.05, 0) is 57.0 Å². The van der Waals surface area contributed by atoms with Crippen LogP contribution in [0.4, 0.5) is 10.1 Å². The van der Waals surface area contributed by atoms with Crippen molar-refractivity contribution in [2.45, 2.75) is 52.2 Å². The Balaban J connectivity index is 2.20. The number of benzene rings is 2. The van der Waals surface area contributed by atoms with Crippen molar-refractivity contribution in [3.8, 4) is 0 Å². The summed E-state index contributed by atoms with van der Waals surface area (Å²) in [6.45, 7) is 5.26. The van der Waals surface area contributed by atoms with Crippen LogP contribution in [0, 0.1) is 5.82 Å². The molecule has 0 saturated carbocycles. The molecule has 0 heterocycles. The van der Waals surface area contributed by atoms with E-state index in [2.05, 4.69) is 5.32 Å². The van der Waals surface area contributed by atoms with Gasteiger partial charge in [0.05, 0.1) is 22.0 Å². The molecule has 1 N–H and O–H groups in total. The molecule has 0 spiro atoms. The second kappa shape index (κ2) is 12.6. The van der Waals surface area contributed by atoms with Gasteiger partial charge < -0.3 is 10.2 Å². The Morgan fingerprint density at radius 1 is 1.06 bits per heavy atom. The van der Waals surface area contributed by atoms with E-state index in [0.717, 1.165) is 10.6 Å². The predicted molar refractivity (Wildman–Crippen MR) is 138 cm³/mol. The molecule has 0 unspecified atom stereocenters. The van der Waals surface area contributed by atoms with Crippen LogP contribution in [0.3, 0.4) is 0 Å². The van der Waals surface area contributed by atoms with E-state index >= 15 is 0 Å². The molecule has 0 aliphatic rings. The number of amides is 2. The molecule has 0 bridgehead atoms.